The maximum absolute atomic E-state index is 11.5. The molecule has 2 aliphatic rings. The van der Waals surface area contributed by atoms with Gasteiger partial charge in [0.15, 0.2) is 0 Å². The Hall–Kier alpha value is -0.620. The van der Waals surface area contributed by atoms with Crippen LogP contribution in [0, 0.1) is 0 Å². The van der Waals surface area contributed by atoms with Crippen LogP contribution >= 0.6 is 19.6 Å². The lowest BCUT2D eigenvalue weighted by Crippen LogP contribution is -2.52. The van der Waals surface area contributed by atoms with Gasteiger partial charge in [-0.15, -0.1) is 0 Å². The number of nitrogens with one attached hydrogen (secondary N) is 1. The summed E-state index contributed by atoms with van der Waals surface area (Å²) in [7, 11) is -1.38. The number of ether oxygens (including phenoxy) is 1. The molecular weight excluding hydrogens is 263 g/mol. The zero-order valence-corrected chi connectivity index (χ0v) is 11.0. The lowest BCUT2D eigenvalue weighted by atomic mass is 10.3. The van der Waals surface area contributed by atoms with Crippen LogP contribution in [0.1, 0.15) is 0 Å². The van der Waals surface area contributed by atoms with Gasteiger partial charge in [0.05, 0.1) is 12.6 Å². The topological polar surface area (TPSA) is 78.9 Å². The summed E-state index contributed by atoms with van der Waals surface area (Å²) in [5.41, 5.74) is 0. The zero-order valence-electron chi connectivity index (χ0n) is 9.28. The molecule has 2 heterocycles. The van der Waals surface area contributed by atoms with Gasteiger partial charge < -0.3 is 15.2 Å². The summed E-state index contributed by atoms with van der Waals surface area (Å²) in [6, 6.07) is 0. The number of amides is 1. The monoisotopic (exact) mass is 277 g/mol. The molecule has 0 bridgehead atoms. The number of aliphatic hydroxyl groups is 1. The Kier molecular flexibility index (Phi) is 4.04. The SMILES string of the molecule is C[P+](=O)C1OC(CN2C(=O)C=CNC2O)CS1. The zero-order chi connectivity index (χ0) is 12.4. The minimum atomic E-state index is -1.38. The number of nitrogens with zero attached hydrogens (tertiary/aromatic N) is 1. The first-order valence-electron chi connectivity index (χ1n) is 5.16. The van der Waals surface area contributed by atoms with Crippen molar-refractivity contribution in [1.29, 1.82) is 0 Å². The highest BCUT2D eigenvalue weighted by atomic mass is 32.2. The second-order valence-electron chi connectivity index (χ2n) is 3.81. The predicted octanol–water partition coefficient (Wildman–Crippen LogP) is 0.0806. The van der Waals surface area contributed by atoms with Crippen LogP contribution in [0.4, 0.5) is 0 Å². The van der Waals surface area contributed by atoms with E-state index in [1.807, 2.05) is 0 Å². The molecule has 0 saturated carbocycles. The third-order valence-electron chi connectivity index (χ3n) is 2.48. The summed E-state index contributed by atoms with van der Waals surface area (Å²) < 4.78 is 16.8. The first-order valence-corrected chi connectivity index (χ1v) is 7.98. The molecule has 1 fully saturated rings. The van der Waals surface area contributed by atoms with E-state index in [1.54, 1.807) is 6.66 Å². The number of hydrogen-bond acceptors (Lipinski definition) is 6. The third kappa shape index (κ3) is 2.98. The maximum atomic E-state index is 11.5. The molecule has 1 amide bonds. The Balaban J connectivity index is 1.91. The second kappa shape index (κ2) is 5.35. The highest BCUT2D eigenvalue weighted by Gasteiger charge is 2.39. The van der Waals surface area contributed by atoms with Gasteiger partial charge >= 0.3 is 13.0 Å². The van der Waals surface area contributed by atoms with Crippen molar-refractivity contribution >= 4 is 25.5 Å². The van der Waals surface area contributed by atoms with Gasteiger partial charge in [0, 0.05) is 18.0 Å². The van der Waals surface area contributed by atoms with Gasteiger partial charge in [0.25, 0.3) is 5.91 Å². The van der Waals surface area contributed by atoms with Crippen molar-refractivity contribution in [2.45, 2.75) is 17.6 Å². The molecule has 17 heavy (non-hydrogen) atoms. The van der Waals surface area contributed by atoms with E-state index in [1.165, 1.54) is 28.9 Å². The quantitative estimate of drug-likeness (QED) is 0.711. The Labute approximate surface area is 104 Å². The predicted molar refractivity (Wildman–Crippen MR) is 64.6 cm³/mol. The second-order valence-corrected chi connectivity index (χ2v) is 6.81. The van der Waals surface area contributed by atoms with Gasteiger partial charge in [-0.3, -0.25) is 9.69 Å². The largest absolute Gasteiger partial charge is 0.378 e. The van der Waals surface area contributed by atoms with E-state index in [-0.39, 0.29) is 17.2 Å². The lowest BCUT2D eigenvalue weighted by molar-refractivity contribution is -0.141. The molecule has 0 spiro atoms. The van der Waals surface area contributed by atoms with Crippen molar-refractivity contribution in [3.05, 3.63) is 12.3 Å². The molecule has 2 N–H and O–H groups in total. The molecule has 0 aliphatic carbocycles. The molecule has 8 heteroatoms. The number of carbonyl (C=O) groups excluding carboxylic acids is 1. The number of thioether (sulfide) groups is 1. The number of aliphatic hydroxyl groups excluding tert-OH is 1. The standard InChI is InChI=1S/C9H13N2O4PS/c1-16(14)9-15-6(5-17-9)4-11-7(12)2-3-10-8(11)13/h2-3,6,8-9,13H,4-5H2,1H3/p+1. The van der Waals surface area contributed by atoms with Crippen LogP contribution in [0.3, 0.4) is 0 Å². The summed E-state index contributed by atoms with van der Waals surface area (Å²) in [4.78, 5) is 12.8. The Morgan fingerprint density at radius 3 is 3.12 bits per heavy atom. The summed E-state index contributed by atoms with van der Waals surface area (Å²) in [6.07, 6.45) is 1.57. The normalized spacial score (nSPS) is 33.8. The first-order chi connectivity index (χ1) is 8.08. The number of carbonyl (C=O) groups is 1. The van der Waals surface area contributed by atoms with Gasteiger partial charge in [0.2, 0.25) is 6.35 Å². The fourth-order valence-electron chi connectivity index (χ4n) is 1.64. The maximum Gasteiger partial charge on any atom is 0.378 e. The molecule has 0 aromatic carbocycles. The smallest absolute Gasteiger partial charge is 0.356 e. The average Bonchev–Trinajstić information content (AvgIpc) is 2.72. The molecule has 6 nitrogen and oxygen atoms in total. The van der Waals surface area contributed by atoms with Gasteiger partial charge in [-0.2, -0.15) is 0 Å². The van der Waals surface area contributed by atoms with E-state index in [0.717, 1.165) is 0 Å². The van der Waals surface area contributed by atoms with Crippen LogP contribution in [0.5, 0.6) is 0 Å². The van der Waals surface area contributed by atoms with Crippen molar-refractivity contribution in [2.75, 3.05) is 19.0 Å². The van der Waals surface area contributed by atoms with E-state index in [2.05, 4.69) is 5.32 Å². The minimum absolute atomic E-state index is 0.184. The highest BCUT2D eigenvalue weighted by Crippen LogP contribution is 2.40. The average molecular weight is 277 g/mol. The Morgan fingerprint density at radius 2 is 2.53 bits per heavy atom. The van der Waals surface area contributed by atoms with Gasteiger partial charge in [-0.25, -0.2) is 0 Å². The van der Waals surface area contributed by atoms with Crippen LogP contribution in [-0.2, 0) is 14.1 Å². The summed E-state index contributed by atoms with van der Waals surface area (Å²) >= 11 is 1.49. The molecule has 4 unspecified atom stereocenters. The molecule has 0 aromatic heterocycles. The molecule has 2 aliphatic heterocycles. The molecule has 0 aromatic rings. The highest BCUT2D eigenvalue weighted by molar-refractivity contribution is 8.04. The first kappa shape index (κ1) is 12.8. The van der Waals surface area contributed by atoms with Crippen molar-refractivity contribution in [2.24, 2.45) is 0 Å². The van der Waals surface area contributed by atoms with Gasteiger partial charge in [0.1, 0.15) is 6.66 Å². The molecule has 0 radical (unpaired) electrons. The van der Waals surface area contributed by atoms with Crippen LogP contribution in [-0.4, -0.2) is 52.5 Å². The Morgan fingerprint density at radius 1 is 1.76 bits per heavy atom. The van der Waals surface area contributed by atoms with Crippen LogP contribution < -0.4 is 5.32 Å². The molecular formula is C9H14N2O4PS+. The van der Waals surface area contributed by atoms with E-state index < -0.39 is 14.2 Å². The summed E-state index contributed by atoms with van der Waals surface area (Å²) in [5, 5.41) is 11.9. The van der Waals surface area contributed by atoms with E-state index in [0.29, 0.717) is 12.3 Å². The molecule has 94 valence electrons. The van der Waals surface area contributed by atoms with Gasteiger partial charge in [-0.05, 0) is 0 Å². The van der Waals surface area contributed by atoms with Crippen molar-refractivity contribution < 1.29 is 19.2 Å². The minimum Gasteiger partial charge on any atom is -0.356 e. The molecule has 2 rings (SSSR count). The van der Waals surface area contributed by atoms with Crippen molar-refractivity contribution in [3.8, 4) is 0 Å². The van der Waals surface area contributed by atoms with Crippen molar-refractivity contribution in [3.63, 3.8) is 0 Å². The molecule has 4 atom stereocenters. The van der Waals surface area contributed by atoms with E-state index in [4.69, 9.17) is 4.74 Å². The lowest BCUT2D eigenvalue weighted by Gasteiger charge is -2.31. The summed E-state index contributed by atoms with van der Waals surface area (Å²) in [6.45, 7) is 1.92. The van der Waals surface area contributed by atoms with E-state index >= 15 is 0 Å². The number of hydrogen-bond donors (Lipinski definition) is 2. The molecule has 1 saturated heterocycles. The fraction of sp³-hybridized carbons (Fsp3) is 0.667. The van der Waals surface area contributed by atoms with Gasteiger partial charge in [-0.1, -0.05) is 16.3 Å². The fourth-order valence-corrected chi connectivity index (χ4v) is 3.88. The summed E-state index contributed by atoms with van der Waals surface area (Å²) in [5.74, 6) is 0.425. The van der Waals surface area contributed by atoms with Crippen LogP contribution in [0.25, 0.3) is 0 Å². The van der Waals surface area contributed by atoms with E-state index in [9.17, 15) is 14.5 Å². The van der Waals surface area contributed by atoms with Crippen molar-refractivity contribution in [1.82, 2.24) is 10.2 Å². The third-order valence-corrected chi connectivity index (χ3v) is 5.49. The number of rotatable bonds is 3. The van der Waals surface area contributed by atoms with Crippen LogP contribution in [0.2, 0.25) is 0 Å². The Bertz CT molecular complexity index is 365. The van der Waals surface area contributed by atoms with Crippen LogP contribution in [0.15, 0.2) is 12.3 Å².